The van der Waals surface area contributed by atoms with Gasteiger partial charge < -0.3 is 16.4 Å². The minimum Gasteiger partial charge on any atom is -0.383 e. The molecular weight excluding hydrogens is 417 g/mol. The van der Waals surface area contributed by atoms with E-state index in [1.165, 1.54) is 18.1 Å². The van der Waals surface area contributed by atoms with Gasteiger partial charge in [-0.1, -0.05) is 48.0 Å². The highest BCUT2D eigenvalue weighted by molar-refractivity contribution is 7.99. The van der Waals surface area contributed by atoms with Crippen molar-refractivity contribution in [3.05, 3.63) is 34.6 Å². The van der Waals surface area contributed by atoms with Crippen molar-refractivity contribution >= 4 is 52.4 Å². The number of hydrogen-bond donors (Lipinski definition) is 2. The van der Waals surface area contributed by atoms with E-state index in [9.17, 15) is 0 Å². The quantitative estimate of drug-likeness (QED) is 0.641. The Morgan fingerprint density at radius 2 is 2.00 bits per heavy atom. The first-order chi connectivity index (χ1) is 13.4. The number of nitrogen functional groups attached to an aromatic ring is 1. The Morgan fingerprint density at radius 3 is 2.71 bits per heavy atom. The Morgan fingerprint density at radius 1 is 1.25 bits per heavy atom. The lowest BCUT2D eigenvalue weighted by molar-refractivity contribution is 0.256. The third-order valence-corrected chi connectivity index (χ3v) is 7.35. The van der Waals surface area contributed by atoms with Gasteiger partial charge in [0, 0.05) is 18.0 Å². The van der Waals surface area contributed by atoms with Crippen LogP contribution in [0, 0.1) is 5.41 Å². The van der Waals surface area contributed by atoms with Crippen molar-refractivity contribution in [3.8, 4) is 0 Å². The summed E-state index contributed by atoms with van der Waals surface area (Å²) in [7, 11) is 0. The molecule has 1 aliphatic heterocycles. The average molecular weight is 438 g/mol. The predicted molar refractivity (Wildman–Crippen MR) is 114 cm³/mol. The van der Waals surface area contributed by atoms with Gasteiger partial charge in [-0.3, -0.25) is 0 Å². The Hall–Kier alpha value is -1.74. The molecule has 1 aliphatic rings. The van der Waals surface area contributed by atoms with Crippen molar-refractivity contribution in [3.63, 3.8) is 0 Å². The molecule has 4 rings (SSSR count). The summed E-state index contributed by atoms with van der Waals surface area (Å²) >= 11 is 13.9. The number of rotatable bonds is 4. The molecule has 2 aromatic heterocycles. The van der Waals surface area contributed by atoms with Crippen molar-refractivity contribution in [1.82, 2.24) is 19.6 Å². The van der Waals surface area contributed by atoms with Crippen molar-refractivity contribution in [2.45, 2.75) is 29.6 Å². The van der Waals surface area contributed by atoms with E-state index in [1.807, 2.05) is 12.1 Å². The number of anilines is 2. The third kappa shape index (κ3) is 3.50. The first kappa shape index (κ1) is 19.6. The lowest BCUT2D eigenvalue weighted by Gasteiger charge is -2.39. The summed E-state index contributed by atoms with van der Waals surface area (Å²) in [4.78, 5) is 12.8. The Labute approximate surface area is 177 Å². The predicted octanol–water partition coefficient (Wildman–Crippen LogP) is 3.73. The van der Waals surface area contributed by atoms with Crippen LogP contribution in [-0.4, -0.2) is 39.2 Å². The molecule has 148 valence electrons. The maximum atomic E-state index is 6.34. The van der Waals surface area contributed by atoms with Gasteiger partial charge in [0.25, 0.3) is 0 Å². The second-order valence-corrected chi connectivity index (χ2v) is 9.11. The van der Waals surface area contributed by atoms with Crippen LogP contribution in [0.15, 0.2) is 34.3 Å². The molecule has 1 aromatic carbocycles. The van der Waals surface area contributed by atoms with Gasteiger partial charge in [0.1, 0.15) is 12.1 Å². The van der Waals surface area contributed by atoms with E-state index in [2.05, 4.69) is 26.9 Å². The zero-order valence-electron chi connectivity index (χ0n) is 15.4. The summed E-state index contributed by atoms with van der Waals surface area (Å²) in [6.45, 7) is 4.61. The molecule has 0 spiro atoms. The number of benzene rings is 1. The molecule has 0 amide bonds. The Bertz CT molecular complexity index is 1010. The molecule has 28 heavy (non-hydrogen) atoms. The topological polar surface area (TPSA) is 98.4 Å². The van der Waals surface area contributed by atoms with E-state index in [0.717, 1.165) is 30.8 Å². The lowest BCUT2D eigenvalue weighted by atomic mass is 9.81. The highest BCUT2D eigenvalue weighted by atomic mass is 35.5. The van der Waals surface area contributed by atoms with Crippen molar-refractivity contribution < 1.29 is 0 Å². The largest absolute Gasteiger partial charge is 0.383 e. The molecule has 0 unspecified atom stereocenters. The van der Waals surface area contributed by atoms with Crippen molar-refractivity contribution in [2.75, 3.05) is 30.3 Å². The molecule has 10 heteroatoms. The number of halogens is 2. The summed E-state index contributed by atoms with van der Waals surface area (Å²) in [5.41, 5.74) is 13.1. The Balaban J connectivity index is 1.70. The molecule has 7 nitrogen and oxygen atoms in total. The van der Waals surface area contributed by atoms with Gasteiger partial charge in [0.05, 0.1) is 14.9 Å². The van der Waals surface area contributed by atoms with Crippen molar-refractivity contribution in [1.29, 1.82) is 0 Å². The SMILES string of the molecule is CC1(CN)CCN(c2nc(N)c(Sc3cccc(Cl)c3Cl)c3ncnn23)CC1. The maximum absolute atomic E-state index is 6.34. The lowest BCUT2D eigenvalue weighted by Crippen LogP contribution is -2.43. The second kappa shape index (κ2) is 7.59. The molecule has 1 saturated heterocycles. The van der Waals surface area contributed by atoms with Gasteiger partial charge in [-0.05, 0) is 36.9 Å². The van der Waals surface area contributed by atoms with Gasteiger partial charge in [0.15, 0.2) is 5.65 Å². The highest BCUT2D eigenvalue weighted by Gasteiger charge is 2.31. The summed E-state index contributed by atoms with van der Waals surface area (Å²) in [6, 6.07) is 5.48. The number of nitrogens with zero attached hydrogens (tertiary/aromatic N) is 5. The fraction of sp³-hybridized carbons (Fsp3) is 0.389. The van der Waals surface area contributed by atoms with E-state index in [-0.39, 0.29) is 5.41 Å². The molecule has 4 N–H and O–H groups in total. The zero-order chi connectivity index (χ0) is 19.9. The zero-order valence-corrected chi connectivity index (χ0v) is 17.7. The van der Waals surface area contributed by atoms with Crippen LogP contribution in [0.1, 0.15) is 19.8 Å². The van der Waals surface area contributed by atoms with E-state index in [1.54, 1.807) is 10.6 Å². The number of piperidine rings is 1. The van der Waals surface area contributed by atoms with Gasteiger partial charge in [-0.25, -0.2) is 4.98 Å². The van der Waals surface area contributed by atoms with Crippen LogP contribution in [0.25, 0.3) is 5.65 Å². The molecular formula is C18H21Cl2N7S. The number of aromatic nitrogens is 4. The average Bonchev–Trinajstić information content (AvgIpc) is 3.17. The van der Waals surface area contributed by atoms with Crippen LogP contribution in [0.5, 0.6) is 0 Å². The van der Waals surface area contributed by atoms with Crippen LogP contribution in [0.2, 0.25) is 10.0 Å². The number of hydrogen-bond acceptors (Lipinski definition) is 7. The van der Waals surface area contributed by atoms with Gasteiger partial charge in [-0.15, -0.1) is 0 Å². The summed E-state index contributed by atoms with van der Waals surface area (Å²) in [5, 5.41) is 5.35. The summed E-state index contributed by atoms with van der Waals surface area (Å²) in [5.74, 6) is 1.09. The fourth-order valence-corrected chi connectivity index (χ4v) is 4.71. The standard InChI is InChI=1S/C18H21Cl2N7S/c1-18(9-21)5-7-26(8-6-18)17-25-15(22)14(16-23-10-24-27(16)17)28-12-4-2-3-11(19)13(12)20/h2-4,10H,5-9,21-22H2,1H3. The molecule has 0 bridgehead atoms. The highest BCUT2D eigenvalue weighted by Crippen LogP contribution is 2.41. The van der Waals surface area contributed by atoms with E-state index < -0.39 is 0 Å². The van der Waals surface area contributed by atoms with E-state index in [0.29, 0.717) is 38.9 Å². The second-order valence-electron chi connectivity index (χ2n) is 7.28. The smallest absolute Gasteiger partial charge is 0.230 e. The molecule has 3 heterocycles. The first-order valence-electron chi connectivity index (χ1n) is 8.98. The minimum absolute atomic E-state index is 0.169. The molecule has 1 fully saturated rings. The van der Waals surface area contributed by atoms with Crippen molar-refractivity contribution in [2.24, 2.45) is 11.1 Å². The number of nitrogens with two attached hydrogens (primary N) is 2. The minimum atomic E-state index is 0.169. The summed E-state index contributed by atoms with van der Waals surface area (Å²) in [6.07, 6.45) is 3.50. The number of fused-ring (bicyclic) bond motifs is 1. The van der Waals surface area contributed by atoms with Crippen LogP contribution >= 0.6 is 35.0 Å². The molecule has 0 atom stereocenters. The van der Waals surface area contributed by atoms with Crippen LogP contribution in [0.4, 0.5) is 11.8 Å². The first-order valence-corrected chi connectivity index (χ1v) is 10.6. The van der Waals surface area contributed by atoms with E-state index in [4.69, 9.17) is 34.7 Å². The molecule has 0 radical (unpaired) electrons. The van der Waals surface area contributed by atoms with Crippen LogP contribution < -0.4 is 16.4 Å². The van der Waals surface area contributed by atoms with Crippen LogP contribution in [-0.2, 0) is 0 Å². The normalized spacial score (nSPS) is 16.6. The molecule has 3 aromatic rings. The maximum Gasteiger partial charge on any atom is 0.230 e. The third-order valence-electron chi connectivity index (χ3n) is 5.27. The van der Waals surface area contributed by atoms with Gasteiger partial charge in [-0.2, -0.15) is 14.6 Å². The van der Waals surface area contributed by atoms with Crippen LogP contribution in [0.3, 0.4) is 0 Å². The van der Waals surface area contributed by atoms with E-state index >= 15 is 0 Å². The molecule has 0 aliphatic carbocycles. The van der Waals surface area contributed by atoms with Gasteiger partial charge >= 0.3 is 0 Å². The monoisotopic (exact) mass is 437 g/mol. The fourth-order valence-electron chi connectivity index (χ4n) is 3.29. The summed E-state index contributed by atoms with van der Waals surface area (Å²) < 4.78 is 1.74. The van der Waals surface area contributed by atoms with Gasteiger partial charge in [0.2, 0.25) is 5.95 Å². The Kier molecular flexibility index (Phi) is 5.30. The molecule has 0 saturated carbocycles.